The molecule has 0 aliphatic carbocycles. The van der Waals surface area contributed by atoms with Crippen molar-refractivity contribution in [2.75, 3.05) is 39.9 Å². The first-order valence-corrected chi connectivity index (χ1v) is 9.60. The van der Waals surface area contributed by atoms with Gasteiger partial charge in [0.25, 0.3) is 5.91 Å². The Hall–Kier alpha value is -2.64. The van der Waals surface area contributed by atoms with Crippen LogP contribution in [-0.2, 0) is 14.3 Å². The van der Waals surface area contributed by atoms with Gasteiger partial charge in [-0.25, -0.2) is 9.18 Å². The van der Waals surface area contributed by atoms with Crippen molar-refractivity contribution in [2.45, 2.75) is 6.04 Å². The van der Waals surface area contributed by atoms with Gasteiger partial charge < -0.3 is 14.4 Å². The van der Waals surface area contributed by atoms with E-state index in [1.165, 1.54) is 19.2 Å². The maximum Gasteiger partial charge on any atom is 0.327 e. The van der Waals surface area contributed by atoms with Crippen molar-refractivity contribution in [1.82, 2.24) is 9.80 Å². The summed E-state index contributed by atoms with van der Waals surface area (Å²) in [5.41, 5.74) is 0.670. The number of rotatable bonds is 6. The van der Waals surface area contributed by atoms with Crippen LogP contribution in [0.1, 0.15) is 11.6 Å². The molecule has 29 heavy (non-hydrogen) atoms. The number of ether oxygens (including phenoxy) is 2. The Morgan fingerprint density at radius 3 is 2.38 bits per heavy atom. The fourth-order valence-corrected chi connectivity index (χ4v) is 3.54. The van der Waals surface area contributed by atoms with E-state index in [-0.39, 0.29) is 18.3 Å². The third-order valence-electron chi connectivity index (χ3n) is 4.84. The fraction of sp³-hybridized carbons (Fsp3) is 0.333. The first kappa shape index (κ1) is 21.1. The largest absolute Gasteiger partial charge is 0.481 e. The minimum atomic E-state index is -0.638. The highest BCUT2D eigenvalue weighted by atomic mass is 35.5. The highest BCUT2D eigenvalue weighted by Crippen LogP contribution is 2.29. The molecule has 1 saturated heterocycles. The van der Waals surface area contributed by atoms with E-state index in [0.29, 0.717) is 36.8 Å². The average molecular weight is 421 g/mol. The second-order valence-corrected chi connectivity index (χ2v) is 6.99. The Labute approximate surface area is 173 Å². The molecule has 0 saturated carbocycles. The fourth-order valence-electron chi connectivity index (χ4n) is 3.30. The number of amides is 1. The molecule has 1 heterocycles. The molecule has 1 unspecified atom stereocenters. The lowest BCUT2D eigenvalue weighted by Crippen LogP contribution is -2.52. The molecule has 1 atom stereocenters. The number of nitrogens with zero attached hydrogens (tertiary/aromatic N) is 2. The number of carbonyl (C=O) groups is 2. The molecule has 1 aliphatic heterocycles. The van der Waals surface area contributed by atoms with Crippen LogP contribution in [0.5, 0.6) is 5.75 Å². The highest BCUT2D eigenvalue weighted by Gasteiger charge is 2.33. The van der Waals surface area contributed by atoms with Crippen molar-refractivity contribution in [2.24, 2.45) is 0 Å². The Morgan fingerprint density at radius 1 is 1.07 bits per heavy atom. The summed E-state index contributed by atoms with van der Waals surface area (Å²) in [7, 11) is 1.34. The van der Waals surface area contributed by atoms with Crippen molar-refractivity contribution >= 4 is 23.5 Å². The van der Waals surface area contributed by atoms with Gasteiger partial charge in [0, 0.05) is 31.2 Å². The summed E-state index contributed by atoms with van der Waals surface area (Å²) < 4.78 is 23.9. The van der Waals surface area contributed by atoms with E-state index in [1.807, 2.05) is 11.0 Å². The zero-order valence-electron chi connectivity index (χ0n) is 16.0. The van der Waals surface area contributed by atoms with Gasteiger partial charge >= 0.3 is 5.97 Å². The summed E-state index contributed by atoms with van der Waals surface area (Å²) in [5, 5.41) is 0.486. The van der Waals surface area contributed by atoms with E-state index < -0.39 is 17.8 Å². The summed E-state index contributed by atoms with van der Waals surface area (Å²) in [6.07, 6.45) is 0. The molecule has 6 nitrogen and oxygen atoms in total. The second kappa shape index (κ2) is 9.71. The van der Waals surface area contributed by atoms with E-state index in [1.54, 1.807) is 35.2 Å². The zero-order chi connectivity index (χ0) is 20.8. The van der Waals surface area contributed by atoms with Crippen molar-refractivity contribution < 1.29 is 23.5 Å². The second-order valence-electron chi connectivity index (χ2n) is 6.58. The van der Waals surface area contributed by atoms with Gasteiger partial charge in [-0.3, -0.25) is 9.69 Å². The summed E-state index contributed by atoms with van der Waals surface area (Å²) in [6, 6.07) is 12.5. The van der Waals surface area contributed by atoms with Crippen LogP contribution < -0.4 is 4.74 Å². The van der Waals surface area contributed by atoms with Gasteiger partial charge in [0.2, 0.25) is 0 Å². The van der Waals surface area contributed by atoms with Crippen LogP contribution >= 0.6 is 11.6 Å². The van der Waals surface area contributed by atoms with Gasteiger partial charge in [-0.2, -0.15) is 0 Å². The molecule has 2 aromatic rings. The lowest BCUT2D eigenvalue weighted by Gasteiger charge is -2.38. The number of halogens is 2. The Balaban J connectivity index is 1.61. The van der Waals surface area contributed by atoms with Gasteiger partial charge in [-0.1, -0.05) is 41.9 Å². The molecule has 1 amide bonds. The maximum atomic E-state index is 13.6. The molecule has 0 N–H and O–H groups in total. The number of hydrogen-bond donors (Lipinski definition) is 0. The Kier molecular flexibility index (Phi) is 7.06. The summed E-state index contributed by atoms with van der Waals surface area (Å²) in [4.78, 5) is 28.4. The van der Waals surface area contributed by atoms with E-state index in [0.717, 1.165) is 0 Å². The normalized spacial score (nSPS) is 15.6. The lowest BCUT2D eigenvalue weighted by molar-refractivity contribution is -0.148. The smallest absolute Gasteiger partial charge is 0.327 e. The molecule has 8 heteroatoms. The quantitative estimate of drug-likeness (QED) is 0.672. The molecule has 0 bridgehead atoms. The van der Waals surface area contributed by atoms with Crippen molar-refractivity contribution in [3.63, 3.8) is 0 Å². The van der Waals surface area contributed by atoms with Gasteiger partial charge in [0.1, 0.15) is 6.04 Å². The Bertz CT molecular complexity index is 871. The van der Waals surface area contributed by atoms with E-state index in [9.17, 15) is 14.0 Å². The topological polar surface area (TPSA) is 59.1 Å². The van der Waals surface area contributed by atoms with Crippen LogP contribution in [0.4, 0.5) is 4.39 Å². The molecule has 1 fully saturated rings. The third kappa shape index (κ3) is 5.05. The molecule has 2 aromatic carbocycles. The Morgan fingerprint density at radius 2 is 1.72 bits per heavy atom. The number of piperazine rings is 1. The molecular formula is C21H22ClFN2O4. The first-order chi connectivity index (χ1) is 14.0. The predicted octanol–water partition coefficient (Wildman–Crippen LogP) is 2.92. The summed E-state index contributed by atoms with van der Waals surface area (Å²) in [5.74, 6) is -1.10. The van der Waals surface area contributed by atoms with Crippen LogP contribution in [0.15, 0.2) is 48.5 Å². The molecule has 0 aromatic heterocycles. The number of esters is 1. The van der Waals surface area contributed by atoms with Crippen molar-refractivity contribution in [1.29, 1.82) is 0 Å². The van der Waals surface area contributed by atoms with Gasteiger partial charge in [-0.15, -0.1) is 0 Å². The minimum absolute atomic E-state index is 0.0453. The van der Waals surface area contributed by atoms with E-state index >= 15 is 0 Å². The van der Waals surface area contributed by atoms with Crippen LogP contribution in [0.2, 0.25) is 5.02 Å². The lowest BCUT2D eigenvalue weighted by atomic mass is 10.0. The predicted molar refractivity (Wildman–Crippen MR) is 106 cm³/mol. The maximum absolute atomic E-state index is 13.6. The zero-order valence-corrected chi connectivity index (χ0v) is 16.8. The number of hydrogen-bond acceptors (Lipinski definition) is 5. The third-order valence-corrected chi connectivity index (χ3v) is 5.19. The van der Waals surface area contributed by atoms with Crippen LogP contribution in [0.25, 0.3) is 0 Å². The molecule has 154 valence electrons. The summed E-state index contributed by atoms with van der Waals surface area (Å²) >= 11 is 6.28. The van der Waals surface area contributed by atoms with E-state index in [4.69, 9.17) is 21.1 Å². The van der Waals surface area contributed by atoms with E-state index in [2.05, 4.69) is 0 Å². The van der Waals surface area contributed by atoms with Crippen LogP contribution in [0.3, 0.4) is 0 Å². The van der Waals surface area contributed by atoms with Crippen LogP contribution in [0, 0.1) is 5.82 Å². The van der Waals surface area contributed by atoms with Crippen molar-refractivity contribution in [3.8, 4) is 5.75 Å². The highest BCUT2D eigenvalue weighted by molar-refractivity contribution is 6.31. The number of methoxy groups -OCH3 is 1. The molecule has 1 aliphatic rings. The van der Waals surface area contributed by atoms with Gasteiger partial charge in [-0.05, 0) is 23.8 Å². The minimum Gasteiger partial charge on any atom is -0.481 e. The van der Waals surface area contributed by atoms with Gasteiger partial charge in [0.05, 0.1) is 7.11 Å². The first-order valence-electron chi connectivity index (χ1n) is 9.22. The number of carbonyl (C=O) groups excluding carboxylic acids is 2. The molecule has 0 spiro atoms. The molecule has 0 radical (unpaired) electrons. The molecule has 3 rings (SSSR count). The SMILES string of the molecule is COC(=O)C(c1ccccc1Cl)N1CCN(C(=O)COc2ccccc2F)CC1. The standard InChI is InChI=1S/C21H22ClFN2O4/c1-28-21(27)20(15-6-2-3-7-16(15)22)25-12-10-24(11-13-25)19(26)14-29-18-9-5-4-8-17(18)23/h2-9,20H,10-14H2,1H3. The average Bonchev–Trinajstić information content (AvgIpc) is 2.74. The van der Waals surface area contributed by atoms with Crippen LogP contribution in [-0.4, -0.2) is 61.6 Å². The number of para-hydroxylation sites is 1. The van der Waals surface area contributed by atoms with Crippen molar-refractivity contribution in [3.05, 3.63) is 64.9 Å². The van der Waals surface area contributed by atoms with Gasteiger partial charge in [0.15, 0.2) is 18.2 Å². The monoisotopic (exact) mass is 420 g/mol. The number of benzene rings is 2. The molecular weight excluding hydrogens is 399 g/mol. The summed E-state index contributed by atoms with van der Waals surface area (Å²) in [6.45, 7) is 1.52.